The van der Waals surface area contributed by atoms with Crippen LogP contribution in [0.25, 0.3) is 0 Å². The van der Waals surface area contributed by atoms with E-state index < -0.39 is 35.8 Å². The molecule has 2 heterocycles. The molecular formula is C24H27N3O5. The van der Waals surface area contributed by atoms with E-state index in [1.807, 2.05) is 60.7 Å². The SMILES string of the molecule is Cc1cn([C@H]2C[C@H](O)[C@](CO)(CNC(c3ccccc3)c3ccccc3)O2)c(=O)[nH]c1=O. The third-order valence-corrected chi connectivity index (χ3v) is 6.00. The number of rotatable bonds is 7. The predicted octanol–water partition coefficient (Wildman–Crippen LogP) is 1.24. The second-order valence-electron chi connectivity index (χ2n) is 8.16. The minimum absolute atomic E-state index is 0.106. The molecule has 1 aliphatic rings. The number of aliphatic hydroxyl groups excluding tert-OH is 2. The Labute approximate surface area is 185 Å². The average Bonchev–Trinajstić information content (AvgIpc) is 3.14. The van der Waals surface area contributed by atoms with E-state index in [1.165, 1.54) is 10.8 Å². The number of H-pyrrole nitrogens is 1. The van der Waals surface area contributed by atoms with Gasteiger partial charge in [0.1, 0.15) is 11.8 Å². The predicted molar refractivity (Wildman–Crippen MR) is 119 cm³/mol. The smallest absolute Gasteiger partial charge is 0.330 e. The molecular weight excluding hydrogens is 410 g/mol. The molecule has 1 saturated heterocycles. The maximum Gasteiger partial charge on any atom is 0.330 e. The van der Waals surface area contributed by atoms with Gasteiger partial charge in [-0.2, -0.15) is 0 Å². The molecule has 0 unspecified atom stereocenters. The number of hydrogen-bond donors (Lipinski definition) is 4. The molecule has 8 heteroatoms. The zero-order valence-corrected chi connectivity index (χ0v) is 17.8. The van der Waals surface area contributed by atoms with Crippen molar-refractivity contribution in [2.75, 3.05) is 13.2 Å². The minimum atomic E-state index is -1.31. The number of aromatic nitrogens is 2. The molecule has 3 aromatic rings. The second-order valence-corrected chi connectivity index (χ2v) is 8.16. The molecule has 0 aliphatic carbocycles. The fraction of sp³-hybridized carbons (Fsp3) is 0.333. The van der Waals surface area contributed by atoms with E-state index in [2.05, 4.69) is 10.3 Å². The van der Waals surface area contributed by atoms with Crippen LogP contribution in [-0.2, 0) is 4.74 Å². The number of hydrogen-bond acceptors (Lipinski definition) is 6. The topological polar surface area (TPSA) is 117 Å². The molecule has 1 aromatic heterocycles. The minimum Gasteiger partial charge on any atom is -0.393 e. The lowest BCUT2D eigenvalue weighted by molar-refractivity contribution is -0.127. The van der Waals surface area contributed by atoms with Gasteiger partial charge < -0.3 is 20.3 Å². The van der Waals surface area contributed by atoms with Crippen molar-refractivity contribution in [2.45, 2.75) is 37.3 Å². The van der Waals surface area contributed by atoms with Gasteiger partial charge in [-0.25, -0.2) is 4.79 Å². The number of benzene rings is 2. The third-order valence-electron chi connectivity index (χ3n) is 6.00. The first-order chi connectivity index (χ1) is 15.4. The highest BCUT2D eigenvalue weighted by Crippen LogP contribution is 2.36. The van der Waals surface area contributed by atoms with Crippen LogP contribution in [0.4, 0.5) is 0 Å². The van der Waals surface area contributed by atoms with Gasteiger partial charge in [0.15, 0.2) is 0 Å². The summed E-state index contributed by atoms with van der Waals surface area (Å²) in [7, 11) is 0. The molecule has 0 bridgehead atoms. The highest BCUT2D eigenvalue weighted by atomic mass is 16.6. The van der Waals surface area contributed by atoms with E-state index in [0.29, 0.717) is 5.56 Å². The first-order valence-corrected chi connectivity index (χ1v) is 10.6. The first kappa shape index (κ1) is 22.2. The quantitative estimate of drug-likeness (QED) is 0.442. The highest BCUT2D eigenvalue weighted by Gasteiger charge is 2.49. The largest absolute Gasteiger partial charge is 0.393 e. The van der Waals surface area contributed by atoms with Crippen LogP contribution in [0.1, 0.15) is 35.4 Å². The molecule has 0 spiro atoms. The van der Waals surface area contributed by atoms with Crippen LogP contribution in [0.3, 0.4) is 0 Å². The summed E-state index contributed by atoms with van der Waals surface area (Å²) < 4.78 is 7.33. The molecule has 1 aliphatic heterocycles. The van der Waals surface area contributed by atoms with Crippen LogP contribution in [0.2, 0.25) is 0 Å². The van der Waals surface area contributed by atoms with Gasteiger partial charge in [-0.15, -0.1) is 0 Å². The molecule has 2 aromatic carbocycles. The number of aryl methyl sites for hydroxylation is 1. The molecule has 8 nitrogen and oxygen atoms in total. The van der Waals surface area contributed by atoms with Crippen LogP contribution in [0.5, 0.6) is 0 Å². The standard InChI is InChI=1S/C24H27N3O5/c1-16-13-27(23(31)26-22(16)30)20-12-19(29)24(15-28,32-20)14-25-21(17-8-4-2-5-9-17)18-10-6-3-7-11-18/h2-11,13,19-21,25,28-29H,12,14-15H2,1H3,(H,26,30,31)/t19-,20+,24+/m0/s1. The third kappa shape index (κ3) is 4.31. The fourth-order valence-corrected chi connectivity index (χ4v) is 4.13. The van der Waals surface area contributed by atoms with E-state index in [1.54, 1.807) is 6.92 Å². The fourth-order valence-electron chi connectivity index (χ4n) is 4.13. The maximum atomic E-state index is 12.3. The molecule has 0 saturated carbocycles. The number of aromatic amines is 1. The summed E-state index contributed by atoms with van der Waals surface area (Å²) >= 11 is 0. The van der Waals surface area contributed by atoms with Crippen molar-refractivity contribution in [1.82, 2.24) is 14.9 Å². The van der Waals surface area contributed by atoms with E-state index in [0.717, 1.165) is 11.1 Å². The zero-order valence-electron chi connectivity index (χ0n) is 17.8. The Morgan fingerprint density at radius 3 is 2.28 bits per heavy atom. The first-order valence-electron chi connectivity index (χ1n) is 10.6. The summed E-state index contributed by atoms with van der Waals surface area (Å²) in [6, 6.07) is 19.6. The second kappa shape index (κ2) is 9.22. The van der Waals surface area contributed by atoms with Gasteiger partial charge in [0.2, 0.25) is 0 Å². The molecule has 0 amide bonds. The van der Waals surface area contributed by atoms with Crippen molar-refractivity contribution in [3.8, 4) is 0 Å². The van der Waals surface area contributed by atoms with Crippen molar-refractivity contribution >= 4 is 0 Å². The van der Waals surface area contributed by atoms with Gasteiger partial charge in [0, 0.05) is 24.7 Å². The summed E-state index contributed by atoms with van der Waals surface area (Å²) in [4.78, 5) is 26.2. The number of nitrogens with zero attached hydrogens (tertiary/aromatic N) is 1. The summed E-state index contributed by atoms with van der Waals surface area (Å²) in [5.74, 6) is 0. The Balaban J connectivity index is 1.59. The molecule has 4 rings (SSSR count). The zero-order chi connectivity index (χ0) is 22.7. The molecule has 0 radical (unpaired) electrons. The normalized spacial score (nSPS) is 23.0. The van der Waals surface area contributed by atoms with E-state index in [4.69, 9.17) is 4.74 Å². The summed E-state index contributed by atoms with van der Waals surface area (Å²) in [6.45, 7) is 1.29. The van der Waals surface area contributed by atoms with Gasteiger partial charge in [-0.3, -0.25) is 14.3 Å². The van der Waals surface area contributed by atoms with Crippen molar-refractivity contribution in [3.63, 3.8) is 0 Å². The van der Waals surface area contributed by atoms with Crippen LogP contribution in [0, 0.1) is 6.92 Å². The van der Waals surface area contributed by atoms with E-state index >= 15 is 0 Å². The Hall–Kier alpha value is -3.04. The van der Waals surface area contributed by atoms with Gasteiger partial charge in [0.05, 0.1) is 18.8 Å². The summed E-state index contributed by atoms with van der Waals surface area (Å²) in [5.41, 5.74) is 0.0252. The van der Waals surface area contributed by atoms with E-state index in [9.17, 15) is 19.8 Å². The summed E-state index contributed by atoms with van der Waals surface area (Å²) in [5, 5.41) is 24.5. The maximum absolute atomic E-state index is 12.3. The highest BCUT2D eigenvalue weighted by molar-refractivity contribution is 5.31. The monoisotopic (exact) mass is 437 g/mol. The lowest BCUT2D eigenvalue weighted by Gasteiger charge is -2.33. The number of ether oxygens (including phenoxy) is 1. The Bertz CT molecular complexity index is 1120. The van der Waals surface area contributed by atoms with Gasteiger partial charge in [-0.1, -0.05) is 60.7 Å². The number of aliphatic hydroxyl groups is 2. The molecule has 3 atom stereocenters. The van der Waals surface area contributed by atoms with Crippen LogP contribution >= 0.6 is 0 Å². The Kier molecular flexibility index (Phi) is 6.38. The Morgan fingerprint density at radius 2 is 1.72 bits per heavy atom. The van der Waals surface area contributed by atoms with Crippen molar-refractivity contribution in [3.05, 3.63) is 104 Å². The van der Waals surface area contributed by atoms with Crippen molar-refractivity contribution in [2.24, 2.45) is 0 Å². The number of nitrogens with one attached hydrogen (secondary N) is 2. The van der Waals surface area contributed by atoms with Gasteiger partial charge in [-0.05, 0) is 18.1 Å². The molecule has 4 N–H and O–H groups in total. The van der Waals surface area contributed by atoms with Gasteiger partial charge in [0.25, 0.3) is 5.56 Å². The molecule has 32 heavy (non-hydrogen) atoms. The van der Waals surface area contributed by atoms with Crippen LogP contribution in [0.15, 0.2) is 76.4 Å². The van der Waals surface area contributed by atoms with Gasteiger partial charge >= 0.3 is 5.69 Å². The van der Waals surface area contributed by atoms with Crippen molar-refractivity contribution < 1.29 is 14.9 Å². The van der Waals surface area contributed by atoms with Crippen molar-refractivity contribution in [1.29, 1.82) is 0 Å². The average molecular weight is 437 g/mol. The van der Waals surface area contributed by atoms with E-state index in [-0.39, 0.29) is 19.0 Å². The van der Waals surface area contributed by atoms with Crippen LogP contribution in [-0.4, -0.2) is 44.6 Å². The lowest BCUT2D eigenvalue weighted by Crippen LogP contribution is -2.52. The van der Waals surface area contributed by atoms with Crippen LogP contribution < -0.4 is 16.6 Å². The Morgan fingerprint density at radius 1 is 1.12 bits per heavy atom. The molecule has 1 fully saturated rings. The lowest BCUT2D eigenvalue weighted by atomic mass is 9.94. The molecule has 168 valence electrons. The summed E-state index contributed by atoms with van der Waals surface area (Å²) in [6.07, 6.45) is -0.309.